The van der Waals surface area contributed by atoms with Crippen molar-refractivity contribution in [1.82, 2.24) is 15.5 Å². The van der Waals surface area contributed by atoms with E-state index in [0.29, 0.717) is 13.0 Å². The summed E-state index contributed by atoms with van der Waals surface area (Å²) in [4.78, 5) is 25.4. The summed E-state index contributed by atoms with van der Waals surface area (Å²) < 4.78 is 13.0. The van der Waals surface area contributed by atoms with Crippen LogP contribution in [0, 0.1) is 12.7 Å². The molecule has 1 aliphatic heterocycles. The summed E-state index contributed by atoms with van der Waals surface area (Å²) >= 11 is 0. The van der Waals surface area contributed by atoms with E-state index in [1.807, 2.05) is 6.92 Å². The Bertz CT molecular complexity index is 557. The van der Waals surface area contributed by atoms with E-state index >= 15 is 0 Å². The van der Waals surface area contributed by atoms with Crippen LogP contribution in [0.2, 0.25) is 0 Å². The lowest BCUT2D eigenvalue weighted by molar-refractivity contribution is -0.130. The number of hydrogen-bond donors (Lipinski definition) is 2. The number of benzene rings is 1. The van der Waals surface area contributed by atoms with Gasteiger partial charge in [-0.05, 0) is 55.9 Å². The van der Waals surface area contributed by atoms with Gasteiger partial charge >= 0.3 is 6.03 Å². The topological polar surface area (TPSA) is 61.4 Å². The number of halogens is 1. The number of carbonyl (C=O) groups is 2. The number of aryl methyl sites for hydroxylation is 1. The molecule has 0 unspecified atom stereocenters. The molecular formula is C17H24FN3O2. The predicted octanol–water partition coefficient (Wildman–Crippen LogP) is 1.99. The zero-order valence-corrected chi connectivity index (χ0v) is 13.5. The van der Waals surface area contributed by atoms with Crippen LogP contribution in [0.1, 0.15) is 30.4 Å². The van der Waals surface area contributed by atoms with Gasteiger partial charge in [0.1, 0.15) is 5.82 Å². The number of nitrogens with one attached hydrogen (secondary N) is 2. The molecule has 0 aromatic heterocycles. The van der Waals surface area contributed by atoms with E-state index in [1.165, 1.54) is 18.6 Å². The molecule has 0 aliphatic carbocycles. The number of amides is 3. The minimum Gasteiger partial charge on any atom is -0.341 e. The second-order valence-electron chi connectivity index (χ2n) is 5.87. The summed E-state index contributed by atoms with van der Waals surface area (Å²) in [5.41, 5.74) is 1.86. The van der Waals surface area contributed by atoms with Crippen molar-refractivity contribution in [2.75, 3.05) is 26.2 Å². The fourth-order valence-electron chi connectivity index (χ4n) is 2.72. The minimum atomic E-state index is -0.352. The Morgan fingerprint density at radius 2 is 1.91 bits per heavy atom. The SMILES string of the molecule is Cc1cc(F)ccc1CCNC(=O)NCC(=O)N1CCCCC1. The van der Waals surface area contributed by atoms with Gasteiger partial charge in [-0.15, -0.1) is 0 Å². The molecule has 1 saturated heterocycles. The summed E-state index contributed by atoms with van der Waals surface area (Å²) in [6, 6.07) is 4.27. The van der Waals surface area contributed by atoms with Crippen LogP contribution < -0.4 is 10.6 Å². The van der Waals surface area contributed by atoms with Crippen LogP contribution in [0.4, 0.5) is 9.18 Å². The van der Waals surface area contributed by atoms with E-state index in [9.17, 15) is 14.0 Å². The van der Waals surface area contributed by atoms with E-state index < -0.39 is 0 Å². The predicted molar refractivity (Wildman–Crippen MR) is 86.7 cm³/mol. The molecule has 23 heavy (non-hydrogen) atoms. The maximum Gasteiger partial charge on any atom is 0.315 e. The van der Waals surface area contributed by atoms with Crippen molar-refractivity contribution in [1.29, 1.82) is 0 Å². The number of urea groups is 1. The van der Waals surface area contributed by atoms with Gasteiger partial charge in [0, 0.05) is 19.6 Å². The van der Waals surface area contributed by atoms with Crippen molar-refractivity contribution in [2.24, 2.45) is 0 Å². The van der Waals surface area contributed by atoms with Crippen molar-refractivity contribution in [3.05, 3.63) is 35.1 Å². The second-order valence-corrected chi connectivity index (χ2v) is 5.87. The number of likely N-dealkylation sites (tertiary alicyclic amines) is 1. The van der Waals surface area contributed by atoms with Crippen LogP contribution in [-0.4, -0.2) is 43.0 Å². The first-order valence-electron chi connectivity index (χ1n) is 8.11. The Balaban J connectivity index is 1.65. The third kappa shape index (κ3) is 5.54. The van der Waals surface area contributed by atoms with Crippen LogP contribution in [0.5, 0.6) is 0 Å². The Kier molecular flexibility index (Phi) is 6.38. The van der Waals surface area contributed by atoms with Crippen LogP contribution >= 0.6 is 0 Å². The lowest BCUT2D eigenvalue weighted by Crippen LogP contribution is -2.45. The van der Waals surface area contributed by atoms with Gasteiger partial charge in [-0.25, -0.2) is 9.18 Å². The zero-order chi connectivity index (χ0) is 16.7. The zero-order valence-electron chi connectivity index (χ0n) is 13.5. The molecule has 0 atom stereocenters. The van der Waals surface area contributed by atoms with Gasteiger partial charge in [-0.1, -0.05) is 6.07 Å². The quantitative estimate of drug-likeness (QED) is 0.871. The number of piperidine rings is 1. The fourth-order valence-corrected chi connectivity index (χ4v) is 2.72. The number of nitrogens with zero attached hydrogens (tertiary/aromatic N) is 1. The average Bonchev–Trinajstić information content (AvgIpc) is 2.55. The lowest BCUT2D eigenvalue weighted by atomic mass is 10.1. The highest BCUT2D eigenvalue weighted by Gasteiger charge is 2.16. The van der Waals surface area contributed by atoms with E-state index in [-0.39, 0.29) is 24.3 Å². The van der Waals surface area contributed by atoms with Crippen molar-refractivity contribution in [2.45, 2.75) is 32.6 Å². The summed E-state index contributed by atoms with van der Waals surface area (Å²) in [5.74, 6) is -0.289. The minimum absolute atomic E-state index is 0.0292. The highest BCUT2D eigenvalue weighted by Crippen LogP contribution is 2.10. The Labute approximate surface area is 136 Å². The van der Waals surface area contributed by atoms with Crippen molar-refractivity contribution < 1.29 is 14.0 Å². The molecule has 1 aromatic carbocycles. The molecule has 3 amide bonds. The van der Waals surface area contributed by atoms with E-state index in [4.69, 9.17) is 0 Å². The van der Waals surface area contributed by atoms with Crippen LogP contribution in [0.3, 0.4) is 0 Å². The number of rotatable bonds is 5. The fraction of sp³-hybridized carbons (Fsp3) is 0.529. The maximum absolute atomic E-state index is 13.0. The lowest BCUT2D eigenvalue weighted by Gasteiger charge is -2.26. The van der Waals surface area contributed by atoms with Gasteiger partial charge in [0.25, 0.3) is 0 Å². The molecule has 5 nitrogen and oxygen atoms in total. The van der Waals surface area contributed by atoms with Crippen LogP contribution in [0.15, 0.2) is 18.2 Å². The van der Waals surface area contributed by atoms with Crippen molar-refractivity contribution >= 4 is 11.9 Å². The molecule has 1 aliphatic rings. The molecule has 0 radical (unpaired) electrons. The van der Waals surface area contributed by atoms with Gasteiger partial charge in [0.05, 0.1) is 6.54 Å². The molecule has 6 heteroatoms. The van der Waals surface area contributed by atoms with Crippen LogP contribution in [-0.2, 0) is 11.2 Å². The second kappa shape index (κ2) is 8.50. The molecule has 2 N–H and O–H groups in total. The normalized spacial score (nSPS) is 14.4. The molecule has 0 saturated carbocycles. The first kappa shape index (κ1) is 17.2. The highest BCUT2D eigenvalue weighted by molar-refractivity contribution is 5.84. The van der Waals surface area contributed by atoms with Crippen LogP contribution in [0.25, 0.3) is 0 Å². The smallest absolute Gasteiger partial charge is 0.315 e. The monoisotopic (exact) mass is 321 g/mol. The van der Waals surface area contributed by atoms with Crippen molar-refractivity contribution in [3.63, 3.8) is 0 Å². The maximum atomic E-state index is 13.0. The molecule has 2 rings (SSSR count). The van der Waals surface area contributed by atoms with Gasteiger partial charge in [-0.3, -0.25) is 4.79 Å². The Hall–Kier alpha value is -2.11. The molecule has 1 aromatic rings. The molecule has 1 fully saturated rings. The largest absolute Gasteiger partial charge is 0.341 e. The third-order valence-corrected chi connectivity index (χ3v) is 4.09. The van der Waals surface area contributed by atoms with Gasteiger partial charge in [0.15, 0.2) is 0 Å². The summed E-state index contributed by atoms with van der Waals surface area (Å²) in [5, 5.41) is 5.31. The highest BCUT2D eigenvalue weighted by atomic mass is 19.1. The van der Waals surface area contributed by atoms with E-state index in [1.54, 1.807) is 11.0 Å². The molecule has 1 heterocycles. The standard InChI is InChI=1S/C17H24FN3O2/c1-13-11-15(18)6-5-14(13)7-8-19-17(23)20-12-16(22)21-9-3-2-4-10-21/h5-6,11H,2-4,7-10,12H2,1H3,(H2,19,20,23). The first-order valence-corrected chi connectivity index (χ1v) is 8.11. The van der Waals surface area contributed by atoms with E-state index in [2.05, 4.69) is 10.6 Å². The molecular weight excluding hydrogens is 297 g/mol. The average molecular weight is 321 g/mol. The summed E-state index contributed by atoms with van der Waals surface area (Å²) in [7, 11) is 0. The van der Waals surface area contributed by atoms with Crippen molar-refractivity contribution in [3.8, 4) is 0 Å². The summed E-state index contributed by atoms with van der Waals surface area (Å²) in [6.45, 7) is 3.88. The third-order valence-electron chi connectivity index (χ3n) is 4.09. The van der Waals surface area contributed by atoms with E-state index in [0.717, 1.165) is 37.1 Å². The Morgan fingerprint density at radius 1 is 1.17 bits per heavy atom. The first-order chi connectivity index (χ1) is 11.1. The van der Waals surface area contributed by atoms with Gasteiger partial charge in [-0.2, -0.15) is 0 Å². The van der Waals surface area contributed by atoms with Gasteiger partial charge in [0.2, 0.25) is 5.91 Å². The number of carbonyl (C=O) groups excluding carboxylic acids is 2. The molecule has 126 valence electrons. The Morgan fingerprint density at radius 3 is 2.61 bits per heavy atom. The summed E-state index contributed by atoms with van der Waals surface area (Å²) in [6.07, 6.45) is 3.87. The molecule has 0 bridgehead atoms. The number of hydrogen-bond acceptors (Lipinski definition) is 2. The van der Waals surface area contributed by atoms with Gasteiger partial charge < -0.3 is 15.5 Å². The molecule has 0 spiro atoms.